The van der Waals surface area contributed by atoms with Gasteiger partial charge < -0.3 is 10.5 Å². The van der Waals surface area contributed by atoms with Crippen molar-refractivity contribution in [2.24, 2.45) is 5.73 Å². The smallest absolute Gasteiger partial charge is 0.307 e. The molecule has 0 saturated heterocycles. The van der Waals surface area contributed by atoms with Crippen molar-refractivity contribution in [2.75, 3.05) is 7.11 Å². The Morgan fingerprint density at radius 2 is 2.40 bits per heavy atom. The standard InChI is InChI=1S/C9H11BrN2O2.ClH/c1-14-9(13)5-7(11)6-2-3-12-8(10)4-6;/h2-4,7H,5,11H2,1H3;1H/t7-;/m0./s1. The Kier molecular flexibility index (Phi) is 6.47. The molecule has 6 heteroatoms. The van der Waals surface area contributed by atoms with Gasteiger partial charge in [-0.2, -0.15) is 0 Å². The molecule has 0 aliphatic rings. The molecule has 0 saturated carbocycles. The van der Waals surface area contributed by atoms with Gasteiger partial charge in [0.15, 0.2) is 0 Å². The van der Waals surface area contributed by atoms with E-state index in [1.165, 1.54) is 7.11 Å². The second kappa shape index (κ2) is 6.76. The van der Waals surface area contributed by atoms with E-state index >= 15 is 0 Å². The Morgan fingerprint density at radius 3 is 2.93 bits per heavy atom. The highest BCUT2D eigenvalue weighted by Crippen LogP contribution is 2.17. The van der Waals surface area contributed by atoms with E-state index in [1.54, 1.807) is 18.3 Å². The molecule has 1 heterocycles. The summed E-state index contributed by atoms with van der Waals surface area (Å²) < 4.78 is 5.23. The molecule has 1 rings (SSSR count). The van der Waals surface area contributed by atoms with Crippen molar-refractivity contribution in [3.05, 3.63) is 28.5 Å². The average Bonchev–Trinajstić information content (AvgIpc) is 2.17. The van der Waals surface area contributed by atoms with Gasteiger partial charge in [0.05, 0.1) is 13.5 Å². The number of hydrogen-bond donors (Lipinski definition) is 1. The lowest BCUT2D eigenvalue weighted by Crippen LogP contribution is -2.16. The van der Waals surface area contributed by atoms with Crippen molar-refractivity contribution in [2.45, 2.75) is 12.5 Å². The summed E-state index contributed by atoms with van der Waals surface area (Å²) in [5, 5.41) is 0. The first-order valence-electron chi connectivity index (χ1n) is 4.07. The molecule has 1 aromatic heterocycles. The van der Waals surface area contributed by atoms with E-state index in [1.807, 2.05) is 0 Å². The largest absolute Gasteiger partial charge is 0.469 e. The molecule has 0 fully saturated rings. The Morgan fingerprint density at radius 1 is 1.73 bits per heavy atom. The predicted molar refractivity (Wildman–Crippen MR) is 62.7 cm³/mol. The van der Waals surface area contributed by atoms with Crippen LogP contribution in [-0.4, -0.2) is 18.1 Å². The van der Waals surface area contributed by atoms with Crippen LogP contribution in [0.25, 0.3) is 0 Å². The van der Waals surface area contributed by atoms with Gasteiger partial charge in [-0.1, -0.05) is 0 Å². The molecule has 2 N–H and O–H groups in total. The number of methoxy groups -OCH3 is 1. The molecule has 0 spiro atoms. The van der Waals surface area contributed by atoms with Crippen molar-refractivity contribution in [3.63, 3.8) is 0 Å². The van der Waals surface area contributed by atoms with E-state index in [4.69, 9.17) is 5.73 Å². The maximum Gasteiger partial charge on any atom is 0.307 e. The third-order valence-corrected chi connectivity index (χ3v) is 2.23. The molecule has 0 bridgehead atoms. The SMILES string of the molecule is COC(=O)C[C@H](N)c1ccnc(Br)c1.Cl. The summed E-state index contributed by atoms with van der Waals surface area (Å²) >= 11 is 3.23. The highest BCUT2D eigenvalue weighted by molar-refractivity contribution is 9.10. The lowest BCUT2D eigenvalue weighted by atomic mass is 10.1. The third kappa shape index (κ3) is 4.59. The van der Waals surface area contributed by atoms with Gasteiger partial charge >= 0.3 is 5.97 Å². The van der Waals surface area contributed by atoms with E-state index in [0.29, 0.717) is 4.60 Å². The molecule has 0 amide bonds. The zero-order valence-corrected chi connectivity index (χ0v) is 10.5. The molecule has 15 heavy (non-hydrogen) atoms. The van der Waals surface area contributed by atoms with Gasteiger partial charge in [-0.3, -0.25) is 4.79 Å². The minimum Gasteiger partial charge on any atom is -0.469 e. The molecule has 0 aromatic carbocycles. The van der Waals surface area contributed by atoms with Gasteiger partial charge in [0.25, 0.3) is 0 Å². The van der Waals surface area contributed by atoms with Gasteiger partial charge in [-0.05, 0) is 33.6 Å². The Balaban J connectivity index is 0.00000196. The maximum absolute atomic E-state index is 11.0. The Labute approximate surface area is 103 Å². The molecular weight excluding hydrogens is 283 g/mol. The molecule has 0 unspecified atom stereocenters. The lowest BCUT2D eigenvalue weighted by molar-refractivity contribution is -0.141. The first-order chi connectivity index (χ1) is 6.63. The van der Waals surface area contributed by atoms with Crippen LogP contribution in [0.1, 0.15) is 18.0 Å². The van der Waals surface area contributed by atoms with Crippen molar-refractivity contribution in [3.8, 4) is 0 Å². The highest BCUT2D eigenvalue weighted by atomic mass is 79.9. The van der Waals surface area contributed by atoms with Crippen LogP contribution >= 0.6 is 28.3 Å². The van der Waals surface area contributed by atoms with Crippen LogP contribution in [0.15, 0.2) is 22.9 Å². The molecule has 0 radical (unpaired) electrons. The third-order valence-electron chi connectivity index (χ3n) is 1.79. The zero-order chi connectivity index (χ0) is 10.6. The number of nitrogens with two attached hydrogens (primary N) is 1. The first-order valence-corrected chi connectivity index (χ1v) is 4.86. The van der Waals surface area contributed by atoms with E-state index in [9.17, 15) is 4.79 Å². The van der Waals surface area contributed by atoms with E-state index < -0.39 is 0 Å². The summed E-state index contributed by atoms with van der Waals surface area (Å²) in [7, 11) is 1.34. The summed E-state index contributed by atoms with van der Waals surface area (Å²) in [5.74, 6) is -0.314. The number of hydrogen-bond acceptors (Lipinski definition) is 4. The normalized spacial score (nSPS) is 11.4. The summed E-state index contributed by atoms with van der Waals surface area (Å²) in [6.07, 6.45) is 1.81. The van der Waals surface area contributed by atoms with E-state index in [-0.39, 0.29) is 30.8 Å². The summed E-state index contributed by atoms with van der Waals surface area (Å²) in [6, 6.07) is 3.22. The molecule has 4 nitrogen and oxygen atoms in total. The second-order valence-electron chi connectivity index (χ2n) is 2.80. The lowest BCUT2D eigenvalue weighted by Gasteiger charge is -2.10. The van der Waals surface area contributed by atoms with Crippen LogP contribution in [0.4, 0.5) is 0 Å². The van der Waals surface area contributed by atoms with Gasteiger partial charge in [-0.25, -0.2) is 4.98 Å². The van der Waals surface area contributed by atoms with Gasteiger partial charge in [0, 0.05) is 12.2 Å². The summed E-state index contributed by atoms with van der Waals surface area (Å²) in [4.78, 5) is 14.9. The van der Waals surface area contributed by atoms with Gasteiger partial charge in [0.2, 0.25) is 0 Å². The van der Waals surface area contributed by atoms with Crippen molar-refractivity contribution in [1.82, 2.24) is 4.98 Å². The van der Waals surface area contributed by atoms with Crippen LogP contribution in [-0.2, 0) is 9.53 Å². The van der Waals surface area contributed by atoms with Gasteiger partial charge in [0.1, 0.15) is 4.60 Å². The van der Waals surface area contributed by atoms with Crippen LogP contribution in [0.3, 0.4) is 0 Å². The van der Waals surface area contributed by atoms with Crippen LogP contribution in [0, 0.1) is 0 Å². The van der Waals surface area contributed by atoms with E-state index in [0.717, 1.165) is 5.56 Å². The number of rotatable bonds is 3. The number of esters is 1. The summed E-state index contributed by atoms with van der Waals surface area (Å²) in [5.41, 5.74) is 6.65. The topological polar surface area (TPSA) is 65.2 Å². The minimum atomic E-state index is -0.346. The first kappa shape index (κ1) is 14.3. The fourth-order valence-electron chi connectivity index (χ4n) is 1.03. The van der Waals surface area contributed by atoms with Crippen LogP contribution in [0.2, 0.25) is 0 Å². The average molecular weight is 296 g/mol. The molecular formula is C9H12BrClN2O2. The molecule has 84 valence electrons. The minimum absolute atomic E-state index is 0. The fourth-order valence-corrected chi connectivity index (χ4v) is 1.41. The number of ether oxygens (including phenoxy) is 1. The molecule has 0 aliphatic carbocycles. The highest BCUT2D eigenvalue weighted by Gasteiger charge is 2.11. The predicted octanol–water partition coefficient (Wildman–Crippen LogP) is 1.83. The van der Waals surface area contributed by atoms with Crippen molar-refractivity contribution < 1.29 is 9.53 Å². The number of nitrogens with zero attached hydrogens (tertiary/aromatic N) is 1. The summed E-state index contributed by atoms with van der Waals surface area (Å²) in [6.45, 7) is 0. The van der Waals surface area contributed by atoms with Crippen molar-refractivity contribution >= 4 is 34.3 Å². The number of carbonyl (C=O) groups is 1. The van der Waals surface area contributed by atoms with Gasteiger partial charge in [-0.15, -0.1) is 12.4 Å². The molecule has 0 aliphatic heterocycles. The van der Waals surface area contributed by atoms with Crippen LogP contribution < -0.4 is 5.73 Å². The van der Waals surface area contributed by atoms with Crippen molar-refractivity contribution in [1.29, 1.82) is 0 Å². The number of pyridine rings is 1. The monoisotopic (exact) mass is 294 g/mol. The Bertz CT molecular complexity index is 336. The Hall–Kier alpha value is -0.650. The number of carbonyl (C=O) groups excluding carboxylic acids is 1. The number of halogens is 2. The molecule has 1 aromatic rings. The molecule has 1 atom stereocenters. The van der Waals surface area contributed by atoms with E-state index in [2.05, 4.69) is 25.7 Å². The maximum atomic E-state index is 11.0. The number of aromatic nitrogens is 1. The second-order valence-corrected chi connectivity index (χ2v) is 3.61. The zero-order valence-electron chi connectivity index (χ0n) is 8.14. The quantitative estimate of drug-likeness (QED) is 0.682. The van der Waals surface area contributed by atoms with Crippen LogP contribution in [0.5, 0.6) is 0 Å². The fraction of sp³-hybridized carbons (Fsp3) is 0.333.